The largest absolute Gasteiger partial charge is 0.376 e. The van der Waals surface area contributed by atoms with E-state index in [-0.39, 0.29) is 18.4 Å². The van der Waals surface area contributed by atoms with Crippen molar-refractivity contribution >= 4 is 17.5 Å². The van der Waals surface area contributed by atoms with Crippen LogP contribution in [0.25, 0.3) is 0 Å². The number of carbonyl (C=O) groups excluding carboxylic acids is 2. The Balaban J connectivity index is 1.39. The first-order chi connectivity index (χ1) is 11.2. The maximum absolute atomic E-state index is 11.9. The lowest BCUT2D eigenvalue weighted by atomic mass is 9.87. The molecular weight excluding hydrogens is 290 g/mol. The van der Waals surface area contributed by atoms with Gasteiger partial charge in [-0.3, -0.25) is 9.59 Å². The van der Waals surface area contributed by atoms with Crippen LogP contribution < -0.4 is 16.0 Å². The molecule has 0 saturated heterocycles. The summed E-state index contributed by atoms with van der Waals surface area (Å²) in [5.74, 6) is 0.749. The summed E-state index contributed by atoms with van der Waals surface area (Å²) in [5.41, 5.74) is 2.52. The van der Waals surface area contributed by atoms with Crippen LogP contribution >= 0.6 is 0 Å². The smallest absolute Gasteiger partial charge is 0.251 e. The van der Waals surface area contributed by atoms with Gasteiger partial charge in [0.15, 0.2) is 0 Å². The predicted octanol–water partition coefficient (Wildman–Crippen LogP) is 2.43. The number of fused-ring (bicyclic) bond motifs is 1. The van der Waals surface area contributed by atoms with Crippen LogP contribution in [0, 0.1) is 5.92 Å². The molecule has 0 bridgehead atoms. The Kier molecular flexibility index (Phi) is 5.16. The quantitative estimate of drug-likeness (QED) is 0.755. The van der Waals surface area contributed by atoms with Crippen LogP contribution in [0.1, 0.15) is 54.4 Å². The number of rotatable bonds is 6. The third-order valence-corrected chi connectivity index (χ3v) is 4.85. The molecule has 0 unspecified atom stereocenters. The number of hydrogen-bond donors (Lipinski definition) is 3. The SMILES string of the molecule is O=C(CNc1ccc2c(c1)C(=O)NC2)NCCC1CCCCC1. The Bertz CT molecular complexity index is 580. The highest BCUT2D eigenvalue weighted by Crippen LogP contribution is 2.25. The minimum absolute atomic E-state index is 0.00533. The highest BCUT2D eigenvalue weighted by atomic mass is 16.2. The zero-order valence-corrected chi connectivity index (χ0v) is 13.5. The van der Waals surface area contributed by atoms with Gasteiger partial charge in [0.2, 0.25) is 5.91 Å². The third-order valence-electron chi connectivity index (χ3n) is 4.85. The van der Waals surface area contributed by atoms with Crippen molar-refractivity contribution < 1.29 is 9.59 Å². The molecule has 5 heteroatoms. The molecule has 1 aromatic rings. The lowest BCUT2D eigenvalue weighted by Gasteiger charge is -2.21. The van der Waals surface area contributed by atoms with Crippen LogP contribution in [0.2, 0.25) is 0 Å². The van der Waals surface area contributed by atoms with Crippen molar-refractivity contribution in [2.45, 2.75) is 45.1 Å². The van der Waals surface area contributed by atoms with E-state index >= 15 is 0 Å². The molecule has 0 aromatic heterocycles. The van der Waals surface area contributed by atoms with E-state index in [0.29, 0.717) is 12.1 Å². The summed E-state index contributed by atoms with van der Waals surface area (Å²) in [4.78, 5) is 23.5. The number of nitrogens with one attached hydrogen (secondary N) is 3. The first-order valence-corrected chi connectivity index (χ1v) is 8.64. The molecule has 1 saturated carbocycles. The maximum atomic E-state index is 11.9. The Morgan fingerprint density at radius 3 is 2.87 bits per heavy atom. The lowest BCUT2D eigenvalue weighted by molar-refractivity contribution is -0.119. The van der Waals surface area contributed by atoms with Gasteiger partial charge in [0.05, 0.1) is 6.54 Å². The van der Waals surface area contributed by atoms with E-state index in [2.05, 4.69) is 16.0 Å². The molecule has 1 heterocycles. The summed E-state index contributed by atoms with van der Waals surface area (Å²) in [6.45, 7) is 1.60. The summed E-state index contributed by atoms with van der Waals surface area (Å²) in [6.07, 6.45) is 7.76. The van der Waals surface area contributed by atoms with E-state index in [1.165, 1.54) is 32.1 Å². The molecule has 5 nitrogen and oxygen atoms in total. The first kappa shape index (κ1) is 15.8. The molecular formula is C18H25N3O2. The number of carbonyl (C=O) groups is 2. The van der Waals surface area contributed by atoms with E-state index in [0.717, 1.165) is 30.1 Å². The molecule has 2 aliphatic rings. The molecule has 23 heavy (non-hydrogen) atoms. The van der Waals surface area contributed by atoms with Gasteiger partial charge in [0, 0.05) is 24.3 Å². The van der Waals surface area contributed by atoms with Gasteiger partial charge in [-0.15, -0.1) is 0 Å². The van der Waals surface area contributed by atoms with Crippen molar-refractivity contribution in [2.24, 2.45) is 5.92 Å². The predicted molar refractivity (Wildman–Crippen MR) is 90.3 cm³/mol. The van der Waals surface area contributed by atoms with Gasteiger partial charge in [-0.1, -0.05) is 38.2 Å². The Labute approximate surface area is 137 Å². The van der Waals surface area contributed by atoms with Crippen molar-refractivity contribution in [3.8, 4) is 0 Å². The van der Waals surface area contributed by atoms with Crippen LogP contribution in [0.4, 0.5) is 5.69 Å². The summed E-state index contributed by atoms with van der Waals surface area (Å²) >= 11 is 0. The van der Waals surface area contributed by atoms with Crippen LogP contribution in [-0.2, 0) is 11.3 Å². The molecule has 0 atom stereocenters. The molecule has 3 N–H and O–H groups in total. The fourth-order valence-electron chi connectivity index (χ4n) is 3.46. The van der Waals surface area contributed by atoms with Crippen molar-refractivity contribution in [3.63, 3.8) is 0 Å². The molecule has 3 rings (SSSR count). The average Bonchev–Trinajstić information content (AvgIpc) is 2.95. The van der Waals surface area contributed by atoms with Crippen LogP contribution in [0.15, 0.2) is 18.2 Å². The Morgan fingerprint density at radius 1 is 1.22 bits per heavy atom. The zero-order valence-electron chi connectivity index (χ0n) is 13.5. The van der Waals surface area contributed by atoms with Gasteiger partial charge in [0.1, 0.15) is 0 Å². The van der Waals surface area contributed by atoms with Crippen LogP contribution in [-0.4, -0.2) is 24.9 Å². The molecule has 0 radical (unpaired) electrons. The minimum Gasteiger partial charge on any atom is -0.376 e. The van der Waals surface area contributed by atoms with E-state index in [9.17, 15) is 9.59 Å². The molecule has 1 fully saturated rings. The van der Waals surface area contributed by atoms with Gasteiger partial charge in [-0.25, -0.2) is 0 Å². The molecule has 0 spiro atoms. The van der Waals surface area contributed by atoms with Gasteiger partial charge < -0.3 is 16.0 Å². The monoisotopic (exact) mass is 315 g/mol. The summed E-state index contributed by atoms with van der Waals surface area (Å²) in [5, 5.41) is 8.86. The second kappa shape index (κ2) is 7.49. The highest BCUT2D eigenvalue weighted by Gasteiger charge is 2.18. The summed E-state index contributed by atoms with van der Waals surface area (Å²) < 4.78 is 0. The van der Waals surface area contributed by atoms with Crippen molar-refractivity contribution in [2.75, 3.05) is 18.4 Å². The van der Waals surface area contributed by atoms with Gasteiger partial charge in [0.25, 0.3) is 5.91 Å². The van der Waals surface area contributed by atoms with Gasteiger partial charge in [-0.05, 0) is 30.0 Å². The molecule has 1 aromatic carbocycles. The number of hydrogen-bond acceptors (Lipinski definition) is 3. The normalized spacial score (nSPS) is 17.5. The van der Waals surface area contributed by atoms with E-state index in [1.807, 2.05) is 18.2 Å². The Morgan fingerprint density at radius 2 is 2.04 bits per heavy atom. The number of benzene rings is 1. The molecule has 1 aliphatic heterocycles. The third kappa shape index (κ3) is 4.24. The Hall–Kier alpha value is -2.04. The van der Waals surface area contributed by atoms with Crippen molar-refractivity contribution in [1.29, 1.82) is 0 Å². The molecule has 124 valence electrons. The first-order valence-electron chi connectivity index (χ1n) is 8.64. The van der Waals surface area contributed by atoms with E-state index < -0.39 is 0 Å². The lowest BCUT2D eigenvalue weighted by Crippen LogP contribution is -2.31. The highest BCUT2D eigenvalue weighted by molar-refractivity contribution is 5.99. The van der Waals surface area contributed by atoms with E-state index in [1.54, 1.807) is 0 Å². The van der Waals surface area contributed by atoms with Crippen LogP contribution in [0.3, 0.4) is 0 Å². The number of anilines is 1. The van der Waals surface area contributed by atoms with E-state index in [4.69, 9.17) is 0 Å². The van der Waals surface area contributed by atoms with Crippen molar-refractivity contribution in [3.05, 3.63) is 29.3 Å². The molecule has 2 amide bonds. The number of amides is 2. The maximum Gasteiger partial charge on any atom is 0.251 e. The van der Waals surface area contributed by atoms with Gasteiger partial charge in [-0.2, -0.15) is 0 Å². The topological polar surface area (TPSA) is 70.2 Å². The molecule has 1 aliphatic carbocycles. The fraction of sp³-hybridized carbons (Fsp3) is 0.556. The second-order valence-electron chi connectivity index (χ2n) is 6.55. The zero-order chi connectivity index (χ0) is 16.1. The average molecular weight is 315 g/mol. The summed E-state index contributed by atoms with van der Waals surface area (Å²) in [6, 6.07) is 5.65. The fourth-order valence-corrected chi connectivity index (χ4v) is 3.46. The summed E-state index contributed by atoms with van der Waals surface area (Å²) in [7, 11) is 0. The second-order valence-corrected chi connectivity index (χ2v) is 6.55. The standard InChI is InChI=1S/C18H25N3O2/c22-17(19-9-8-13-4-2-1-3-5-13)12-20-15-7-6-14-11-21-18(23)16(14)10-15/h6-7,10,13,20H,1-5,8-9,11-12H2,(H,19,22)(H,21,23). The van der Waals surface area contributed by atoms with Gasteiger partial charge >= 0.3 is 0 Å². The van der Waals surface area contributed by atoms with Crippen molar-refractivity contribution in [1.82, 2.24) is 10.6 Å². The van der Waals surface area contributed by atoms with Crippen LogP contribution in [0.5, 0.6) is 0 Å². The minimum atomic E-state index is -0.0411.